The Labute approximate surface area is 126 Å². The van der Waals surface area contributed by atoms with Gasteiger partial charge in [0.15, 0.2) is 0 Å². The van der Waals surface area contributed by atoms with Crippen LogP contribution in [0.1, 0.15) is 16.7 Å². The molecule has 0 radical (unpaired) electrons. The van der Waals surface area contributed by atoms with Crippen molar-refractivity contribution in [2.75, 3.05) is 11.8 Å². The molecule has 0 fully saturated rings. The fourth-order valence-corrected chi connectivity index (χ4v) is 3.25. The summed E-state index contributed by atoms with van der Waals surface area (Å²) in [6, 6.07) is 12.5. The van der Waals surface area contributed by atoms with Crippen LogP contribution in [0.25, 0.3) is 0 Å². The van der Waals surface area contributed by atoms with E-state index < -0.39 is 10.0 Å². The van der Waals surface area contributed by atoms with Crippen molar-refractivity contribution in [1.82, 2.24) is 5.32 Å². The van der Waals surface area contributed by atoms with E-state index >= 15 is 0 Å². The summed E-state index contributed by atoms with van der Waals surface area (Å²) in [5, 5.41) is 3.03. The van der Waals surface area contributed by atoms with Crippen LogP contribution < -0.4 is 10.0 Å². The summed E-state index contributed by atoms with van der Waals surface area (Å²) in [5.41, 5.74) is 3.67. The van der Waals surface area contributed by atoms with E-state index in [9.17, 15) is 8.42 Å². The van der Waals surface area contributed by atoms with E-state index in [1.54, 1.807) is 18.2 Å². The maximum atomic E-state index is 12.4. The Morgan fingerprint density at radius 3 is 2.24 bits per heavy atom. The van der Waals surface area contributed by atoms with Crippen LogP contribution in [0.4, 0.5) is 5.69 Å². The summed E-state index contributed by atoms with van der Waals surface area (Å²) in [6.45, 7) is 4.58. The molecular formula is C16H20N2O2S. The molecule has 0 bridgehead atoms. The molecule has 2 aromatic carbocycles. The number of aryl methyl sites for hydroxylation is 2. The van der Waals surface area contributed by atoms with Gasteiger partial charge in [-0.05, 0) is 50.2 Å². The van der Waals surface area contributed by atoms with Gasteiger partial charge in [-0.1, -0.05) is 29.8 Å². The third kappa shape index (κ3) is 3.83. The van der Waals surface area contributed by atoms with Gasteiger partial charge in [-0.2, -0.15) is 0 Å². The second-order valence-corrected chi connectivity index (χ2v) is 6.78. The first-order valence-electron chi connectivity index (χ1n) is 6.76. The van der Waals surface area contributed by atoms with Gasteiger partial charge in [-0.15, -0.1) is 0 Å². The lowest BCUT2D eigenvalue weighted by molar-refractivity contribution is 0.601. The van der Waals surface area contributed by atoms with E-state index in [1.165, 1.54) is 0 Å². The molecule has 2 aromatic rings. The summed E-state index contributed by atoms with van der Waals surface area (Å²) in [5.74, 6) is 0. The van der Waals surface area contributed by atoms with Crippen molar-refractivity contribution >= 4 is 15.7 Å². The van der Waals surface area contributed by atoms with Crippen LogP contribution in [0.5, 0.6) is 0 Å². The van der Waals surface area contributed by atoms with Gasteiger partial charge in [0.2, 0.25) is 0 Å². The molecule has 0 amide bonds. The first-order valence-corrected chi connectivity index (χ1v) is 8.24. The van der Waals surface area contributed by atoms with Gasteiger partial charge in [-0.25, -0.2) is 8.42 Å². The average Bonchev–Trinajstić information content (AvgIpc) is 2.43. The molecule has 21 heavy (non-hydrogen) atoms. The first kappa shape index (κ1) is 15.5. The minimum Gasteiger partial charge on any atom is -0.316 e. The number of hydrogen-bond donors (Lipinski definition) is 2. The van der Waals surface area contributed by atoms with Crippen molar-refractivity contribution in [2.24, 2.45) is 0 Å². The predicted octanol–water partition coefficient (Wildman–Crippen LogP) is 2.82. The Morgan fingerprint density at radius 2 is 1.67 bits per heavy atom. The van der Waals surface area contributed by atoms with E-state index in [-0.39, 0.29) is 4.90 Å². The SMILES string of the molecule is CNCc1ccc(S(=O)(=O)Nc2ccc(C)cc2C)cc1. The molecule has 0 unspecified atom stereocenters. The monoisotopic (exact) mass is 304 g/mol. The number of nitrogens with one attached hydrogen (secondary N) is 2. The molecule has 0 spiro atoms. The molecule has 0 aliphatic rings. The average molecular weight is 304 g/mol. The van der Waals surface area contributed by atoms with Gasteiger partial charge in [0.05, 0.1) is 10.6 Å². The topological polar surface area (TPSA) is 58.2 Å². The zero-order valence-electron chi connectivity index (χ0n) is 12.5. The number of benzene rings is 2. The largest absolute Gasteiger partial charge is 0.316 e. The summed E-state index contributed by atoms with van der Waals surface area (Å²) < 4.78 is 27.4. The van der Waals surface area contributed by atoms with Crippen LogP contribution in [-0.4, -0.2) is 15.5 Å². The van der Waals surface area contributed by atoms with Crippen molar-refractivity contribution in [3.8, 4) is 0 Å². The first-order chi connectivity index (χ1) is 9.92. The summed E-state index contributed by atoms with van der Waals surface area (Å²) >= 11 is 0. The molecule has 0 heterocycles. The van der Waals surface area contributed by atoms with Crippen molar-refractivity contribution in [2.45, 2.75) is 25.3 Å². The van der Waals surface area contributed by atoms with Crippen molar-refractivity contribution in [3.63, 3.8) is 0 Å². The highest BCUT2D eigenvalue weighted by molar-refractivity contribution is 7.92. The van der Waals surface area contributed by atoms with E-state index in [0.29, 0.717) is 12.2 Å². The molecule has 0 aromatic heterocycles. The van der Waals surface area contributed by atoms with Crippen LogP contribution in [0, 0.1) is 13.8 Å². The number of anilines is 1. The molecule has 0 atom stereocenters. The molecule has 2 rings (SSSR count). The standard InChI is InChI=1S/C16H20N2O2S/c1-12-4-9-16(13(2)10-12)18-21(19,20)15-7-5-14(6-8-15)11-17-3/h4-10,17-18H,11H2,1-3H3. The van der Waals surface area contributed by atoms with E-state index in [2.05, 4.69) is 10.0 Å². The molecule has 112 valence electrons. The van der Waals surface area contributed by atoms with E-state index in [4.69, 9.17) is 0 Å². The minimum atomic E-state index is -3.55. The molecule has 2 N–H and O–H groups in total. The van der Waals surface area contributed by atoms with Gasteiger partial charge < -0.3 is 5.32 Å². The van der Waals surface area contributed by atoms with E-state index in [0.717, 1.165) is 16.7 Å². The van der Waals surface area contributed by atoms with Crippen LogP contribution >= 0.6 is 0 Å². The van der Waals surface area contributed by atoms with Gasteiger partial charge in [0.25, 0.3) is 10.0 Å². The lowest BCUT2D eigenvalue weighted by Crippen LogP contribution is -2.14. The molecule has 0 aliphatic heterocycles. The molecule has 0 saturated heterocycles. The quantitative estimate of drug-likeness (QED) is 0.893. The van der Waals surface area contributed by atoms with Crippen molar-refractivity contribution < 1.29 is 8.42 Å². The third-order valence-corrected chi connectivity index (χ3v) is 4.62. The van der Waals surface area contributed by atoms with Gasteiger partial charge in [0, 0.05) is 6.54 Å². The highest BCUT2D eigenvalue weighted by Gasteiger charge is 2.15. The zero-order valence-corrected chi connectivity index (χ0v) is 13.3. The second-order valence-electron chi connectivity index (χ2n) is 5.10. The Bertz CT molecular complexity index is 722. The van der Waals surface area contributed by atoms with Gasteiger partial charge in [-0.3, -0.25) is 4.72 Å². The molecule has 4 nitrogen and oxygen atoms in total. The lowest BCUT2D eigenvalue weighted by Gasteiger charge is -2.11. The van der Waals surface area contributed by atoms with Crippen LogP contribution in [0.2, 0.25) is 0 Å². The molecule has 0 aliphatic carbocycles. The fraction of sp³-hybridized carbons (Fsp3) is 0.250. The lowest BCUT2D eigenvalue weighted by atomic mass is 10.1. The van der Waals surface area contributed by atoms with Crippen molar-refractivity contribution in [3.05, 3.63) is 59.2 Å². The van der Waals surface area contributed by atoms with Crippen LogP contribution in [0.15, 0.2) is 47.4 Å². The Balaban J connectivity index is 2.25. The Hall–Kier alpha value is -1.85. The Kier molecular flexibility index (Phi) is 4.65. The highest BCUT2D eigenvalue weighted by Crippen LogP contribution is 2.21. The van der Waals surface area contributed by atoms with Crippen LogP contribution in [-0.2, 0) is 16.6 Å². The third-order valence-electron chi connectivity index (χ3n) is 3.24. The van der Waals surface area contributed by atoms with Crippen molar-refractivity contribution in [1.29, 1.82) is 0 Å². The van der Waals surface area contributed by atoms with Crippen LogP contribution in [0.3, 0.4) is 0 Å². The van der Waals surface area contributed by atoms with Gasteiger partial charge >= 0.3 is 0 Å². The minimum absolute atomic E-state index is 0.266. The maximum Gasteiger partial charge on any atom is 0.261 e. The zero-order chi connectivity index (χ0) is 15.5. The molecule has 5 heteroatoms. The normalized spacial score (nSPS) is 11.4. The summed E-state index contributed by atoms with van der Waals surface area (Å²) in [7, 11) is -1.70. The summed E-state index contributed by atoms with van der Waals surface area (Å²) in [4.78, 5) is 0.266. The second kappa shape index (κ2) is 6.28. The Morgan fingerprint density at radius 1 is 1.00 bits per heavy atom. The number of hydrogen-bond acceptors (Lipinski definition) is 3. The number of sulfonamides is 1. The van der Waals surface area contributed by atoms with Gasteiger partial charge in [0.1, 0.15) is 0 Å². The number of rotatable bonds is 5. The predicted molar refractivity (Wildman–Crippen MR) is 85.9 cm³/mol. The fourth-order valence-electron chi connectivity index (χ4n) is 2.12. The maximum absolute atomic E-state index is 12.4. The molecular weight excluding hydrogens is 284 g/mol. The van der Waals surface area contributed by atoms with E-state index in [1.807, 2.05) is 45.2 Å². The highest BCUT2D eigenvalue weighted by atomic mass is 32.2. The molecule has 0 saturated carbocycles. The smallest absolute Gasteiger partial charge is 0.261 e. The summed E-state index contributed by atoms with van der Waals surface area (Å²) in [6.07, 6.45) is 0.